The van der Waals surface area contributed by atoms with E-state index >= 15 is 0 Å². The zero-order valence-electron chi connectivity index (χ0n) is 9.39. The molecule has 0 aliphatic heterocycles. The van der Waals surface area contributed by atoms with E-state index in [1.165, 1.54) is 17.3 Å². The Morgan fingerprint density at radius 1 is 1.41 bits per heavy atom. The topological polar surface area (TPSA) is 78.9 Å². The third kappa shape index (κ3) is 2.47. The predicted molar refractivity (Wildman–Crippen MR) is 63.4 cm³/mol. The molecule has 0 saturated heterocycles. The van der Waals surface area contributed by atoms with E-state index in [0.717, 1.165) is 10.5 Å². The molecule has 88 valence electrons. The molecular weight excluding hydrogens is 238 g/mol. The van der Waals surface area contributed by atoms with Gasteiger partial charge in [0, 0.05) is 4.90 Å². The summed E-state index contributed by atoms with van der Waals surface area (Å²) >= 11 is 1.32. The van der Waals surface area contributed by atoms with Gasteiger partial charge < -0.3 is 5.11 Å². The Morgan fingerprint density at radius 2 is 2.18 bits per heavy atom. The van der Waals surface area contributed by atoms with Crippen LogP contribution in [-0.4, -0.2) is 26.5 Å². The third-order valence-electron chi connectivity index (χ3n) is 2.26. The van der Waals surface area contributed by atoms with Crippen LogP contribution >= 0.6 is 11.8 Å². The summed E-state index contributed by atoms with van der Waals surface area (Å²) in [5, 5.41) is 19.0. The highest BCUT2D eigenvalue weighted by atomic mass is 32.2. The molecular formula is C11H11N3O2S. The summed E-state index contributed by atoms with van der Waals surface area (Å²) in [5.41, 5.74) is 2.23. The fourth-order valence-electron chi connectivity index (χ4n) is 1.45. The summed E-state index contributed by atoms with van der Waals surface area (Å²) in [6, 6.07) is 5.99. The van der Waals surface area contributed by atoms with Crippen LogP contribution in [0.15, 0.2) is 28.1 Å². The standard InChI is InChI=1S/C11H11N3O2S/c1-6-3-4-8(7(2)5-6)17-10-9(11(15)16)12-14-13-10/h3-5H,1-2H3,(H,15,16)(H,12,13,14). The van der Waals surface area contributed by atoms with E-state index in [0.29, 0.717) is 5.03 Å². The Bertz CT molecular complexity index is 566. The van der Waals surface area contributed by atoms with Crippen molar-refractivity contribution in [3.63, 3.8) is 0 Å². The molecule has 0 amide bonds. The smallest absolute Gasteiger partial charge is 0.359 e. The number of benzene rings is 1. The molecule has 6 heteroatoms. The summed E-state index contributed by atoms with van der Waals surface area (Å²) in [7, 11) is 0. The van der Waals surface area contributed by atoms with Gasteiger partial charge >= 0.3 is 5.97 Å². The maximum Gasteiger partial charge on any atom is 0.359 e. The number of hydrogen-bond donors (Lipinski definition) is 2. The highest BCUT2D eigenvalue weighted by molar-refractivity contribution is 7.99. The van der Waals surface area contributed by atoms with Gasteiger partial charge in [0.15, 0.2) is 0 Å². The first-order valence-electron chi connectivity index (χ1n) is 4.97. The largest absolute Gasteiger partial charge is 0.476 e. The number of aromatic nitrogens is 3. The Balaban J connectivity index is 2.31. The second kappa shape index (κ2) is 4.58. The van der Waals surface area contributed by atoms with E-state index in [-0.39, 0.29) is 5.69 Å². The number of H-pyrrole nitrogens is 1. The van der Waals surface area contributed by atoms with E-state index in [4.69, 9.17) is 5.11 Å². The van der Waals surface area contributed by atoms with E-state index in [1.807, 2.05) is 32.0 Å². The van der Waals surface area contributed by atoms with Crippen molar-refractivity contribution in [2.45, 2.75) is 23.8 Å². The van der Waals surface area contributed by atoms with Crippen LogP contribution in [0.2, 0.25) is 0 Å². The minimum absolute atomic E-state index is 0.0463. The lowest BCUT2D eigenvalue weighted by Gasteiger charge is -2.04. The molecule has 0 atom stereocenters. The van der Waals surface area contributed by atoms with Crippen molar-refractivity contribution in [1.82, 2.24) is 15.4 Å². The molecule has 0 saturated carbocycles. The van der Waals surface area contributed by atoms with E-state index in [9.17, 15) is 4.79 Å². The molecule has 0 aliphatic carbocycles. The molecule has 1 aromatic carbocycles. The zero-order chi connectivity index (χ0) is 12.4. The lowest BCUT2D eigenvalue weighted by atomic mass is 10.2. The molecule has 2 N–H and O–H groups in total. The molecule has 0 fully saturated rings. The number of nitrogens with one attached hydrogen (secondary N) is 1. The van der Waals surface area contributed by atoms with E-state index < -0.39 is 5.97 Å². The highest BCUT2D eigenvalue weighted by Crippen LogP contribution is 2.30. The average molecular weight is 249 g/mol. The van der Waals surface area contributed by atoms with E-state index in [1.54, 1.807) is 0 Å². The van der Waals surface area contributed by atoms with Crippen LogP contribution in [-0.2, 0) is 0 Å². The normalized spacial score (nSPS) is 10.5. The van der Waals surface area contributed by atoms with E-state index in [2.05, 4.69) is 15.4 Å². The fraction of sp³-hybridized carbons (Fsp3) is 0.182. The number of carboxylic acids is 1. The van der Waals surface area contributed by atoms with Gasteiger partial charge in [-0.1, -0.05) is 34.7 Å². The van der Waals surface area contributed by atoms with Gasteiger partial charge in [0.05, 0.1) is 0 Å². The van der Waals surface area contributed by atoms with Crippen LogP contribution in [0, 0.1) is 13.8 Å². The van der Waals surface area contributed by atoms with Crippen molar-refractivity contribution in [2.75, 3.05) is 0 Å². The van der Waals surface area contributed by atoms with Crippen LogP contribution in [0.4, 0.5) is 0 Å². The van der Waals surface area contributed by atoms with Gasteiger partial charge in [-0.25, -0.2) is 4.79 Å². The number of hydrogen-bond acceptors (Lipinski definition) is 4. The Hall–Kier alpha value is -1.82. The molecule has 5 nitrogen and oxygen atoms in total. The molecule has 1 heterocycles. The average Bonchev–Trinajstić information content (AvgIpc) is 2.70. The number of aromatic amines is 1. The van der Waals surface area contributed by atoms with Gasteiger partial charge in [-0.05, 0) is 25.5 Å². The monoisotopic (exact) mass is 249 g/mol. The number of aromatic carboxylic acids is 1. The van der Waals surface area contributed by atoms with Gasteiger partial charge in [0.2, 0.25) is 5.69 Å². The lowest BCUT2D eigenvalue weighted by molar-refractivity contribution is 0.0686. The van der Waals surface area contributed by atoms with Crippen molar-refractivity contribution >= 4 is 17.7 Å². The maximum absolute atomic E-state index is 10.9. The van der Waals surface area contributed by atoms with Crippen molar-refractivity contribution in [3.05, 3.63) is 35.0 Å². The summed E-state index contributed by atoms with van der Waals surface area (Å²) in [4.78, 5) is 11.9. The molecule has 0 unspecified atom stereocenters. The van der Waals surface area contributed by atoms with Gasteiger partial charge in [-0.2, -0.15) is 0 Å². The maximum atomic E-state index is 10.9. The lowest BCUT2D eigenvalue weighted by Crippen LogP contribution is -1.98. The van der Waals surface area contributed by atoms with Crippen molar-refractivity contribution < 1.29 is 9.90 Å². The number of aryl methyl sites for hydroxylation is 2. The van der Waals surface area contributed by atoms with Crippen LogP contribution in [0.3, 0.4) is 0 Å². The van der Waals surface area contributed by atoms with Gasteiger partial charge in [0.1, 0.15) is 5.03 Å². The summed E-state index contributed by atoms with van der Waals surface area (Å²) < 4.78 is 0. The number of carbonyl (C=O) groups is 1. The van der Waals surface area contributed by atoms with Crippen molar-refractivity contribution in [3.8, 4) is 0 Å². The van der Waals surface area contributed by atoms with Crippen LogP contribution in [0.5, 0.6) is 0 Å². The van der Waals surface area contributed by atoms with Crippen LogP contribution in [0.25, 0.3) is 0 Å². The molecule has 0 radical (unpaired) electrons. The molecule has 0 spiro atoms. The Morgan fingerprint density at radius 3 is 2.82 bits per heavy atom. The second-order valence-corrected chi connectivity index (χ2v) is 4.72. The molecule has 1 aromatic heterocycles. The van der Waals surface area contributed by atoms with Crippen molar-refractivity contribution in [2.24, 2.45) is 0 Å². The predicted octanol–water partition coefficient (Wildman–Crippen LogP) is 2.27. The first kappa shape index (κ1) is 11.7. The third-order valence-corrected chi connectivity index (χ3v) is 3.43. The minimum Gasteiger partial charge on any atom is -0.476 e. The number of nitrogens with zero attached hydrogens (tertiary/aromatic N) is 2. The van der Waals surface area contributed by atoms with Crippen molar-refractivity contribution in [1.29, 1.82) is 0 Å². The van der Waals surface area contributed by atoms with Gasteiger partial charge in [-0.15, -0.1) is 5.10 Å². The quantitative estimate of drug-likeness (QED) is 0.872. The fourth-order valence-corrected chi connectivity index (χ4v) is 2.34. The number of carboxylic acid groups (broad SMARTS) is 1. The first-order valence-corrected chi connectivity index (χ1v) is 5.79. The van der Waals surface area contributed by atoms with Crippen LogP contribution in [0.1, 0.15) is 21.6 Å². The highest BCUT2D eigenvalue weighted by Gasteiger charge is 2.16. The van der Waals surface area contributed by atoms with Crippen LogP contribution < -0.4 is 0 Å². The molecule has 2 aromatic rings. The summed E-state index contributed by atoms with van der Waals surface area (Å²) in [6.45, 7) is 4.00. The molecule has 0 aliphatic rings. The van der Waals surface area contributed by atoms with Gasteiger partial charge in [0.25, 0.3) is 0 Å². The summed E-state index contributed by atoms with van der Waals surface area (Å²) in [5.74, 6) is -1.08. The second-order valence-electron chi connectivity index (χ2n) is 3.67. The Labute approximate surface area is 102 Å². The minimum atomic E-state index is -1.08. The molecule has 0 bridgehead atoms. The SMILES string of the molecule is Cc1ccc(Sc2[nH]nnc2C(=O)O)c(C)c1. The van der Waals surface area contributed by atoms with Gasteiger partial charge in [-0.3, -0.25) is 5.10 Å². The molecule has 2 rings (SSSR count). The molecule has 17 heavy (non-hydrogen) atoms. The number of rotatable bonds is 3. The first-order chi connectivity index (χ1) is 8.08. The zero-order valence-corrected chi connectivity index (χ0v) is 10.2. The Kier molecular flexibility index (Phi) is 3.14. The summed E-state index contributed by atoms with van der Waals surface area (Å²) in [6.07, 6.45) is 0.